The summed E-state index contributed by atoms with van der Waals surface area (Å²) in [4.78, 5) is 17.6. The molecule has 0 bridgehead atoms. The van der Waals surface area contributed by atoms with E-state index in [1.807, 2.05) is 0 Å². The van der Waals surface area contributed by atoms with Crippen LogP contribution in [0.25, 0.3) is 0 Å². The van der Waals surface area contributed by atoms with E-state index in [1.165, 1.54) is 22.4 Å². The topological polar surface area (TPSA) is 35.6 Å². The predicted octanol–water partition coefficient (Wildman–Crippen LogP) is 4.20. The van der Waals surface area contributed by atoms with E-state index in [9.17, 15) is 4.79 Å². The Balaban J connectivity index is 1.23. The summed E-state index contributed by atoms with van der Waals surface area (Å²) in [6.45, 7) is 7.49. The Labute approximate surface area is 178 Å². The summed E-state index contributed by atoms with van der Waals surface area (Å²) in [5, 5.41) is 2.97. The normalized spacial score (nSPS) is 17.0. The lowest BCUT2D eigenvalue weighted by Gasteiger charge is -2.36. The van der Waals surface area contributed by atoms with Gasteiger partial charge in [-0.15, -0.1) is 0 Å². The molecule has 0 spiro atoms. The molecule has 5 heteroatoms. The van der Waals surface area contributed by atoms with Crippen molar-refractivity contribution in [3.63, 3.8) is 0 Å². The fraction of sp³-hybridized carbons (Fsp3) is 0.417. The number of rotatable bonds is 6. The maximum atomic E-state index is 11.5. The number of carbonyl (C=O) groups excluding carboxylic acids is 1. The fourth-order valence-corrected chi connectivity index (χ4v) is 4.42. The van der Waals surface area contributed by atoms with Crippen LogP contribution in [0.5, 0.6) is 0 Å². The third-order valence-electron chi connectivity index (χ3n) is 5.97. The second kappa shape index (κ2) is 9.06. The summed E-state index contributed by atoms with van der Waals surface area (Å²) in [5.74, 6) is 0.126. The van der Waals surface area contributed by atoms with Gasteiger partial charge in [-0.2, -0.15) is 0 Å². The van der Waals surface area contributed by atoms with Crippen molar-refractivity contribution < 1.29 is 4.79 Å². The molecule has 29 heavy (non-hydrogen) atoms. The van der Waals surface area contributed by atoms with Crippen molar-refractivity contribution in [1.29, 1.82) is 0 Å². The van der Waals surface area contributed by atoms with Crippen molar-refractivity contribution in [1.82, 2.24) is 4.90 Å². The number of amides is 1. The Morgan fingerprint density at radius 1 is 1.03 bits per heavy atom. The van der Waals surface area contributed by atoms with E-state index in [2.05, 4.69) is 64.5 Å². The molecular formula is C24H29N3OS. The fourth-order valence-electron chi connectivity index (χ4n) is 4.14. The highest BCUT2D eigenvalue weighted by molar-refractivity contribution is 7.80. The third-order valence-corrected chi connectivity index (χ3v) is 6.41. The molecule has 0 aliphatic carbocycles. The van der Waals surface area contributed by atoms with Gasteiger partial charge in [0.05, 0.1) is 0 Å². The zero-order chi connectivity index (χ0) is 20.2. The number of thiocarbonyl (C=S) groups is 1. The highest BCUT2D eigenvalue weighted by Gasteiger charge is 2.20. The van der Waals surface area contributed by atoms with Crippen molar-refractivity contribution in [2.24, 2.45) is 0 Å². The van der Waals surface area contributed by atoms with Crippen molar-refractivity contribution >= 4 is 34.4 Å². The second-order valence-electron chi connectivity index (χ2n) is 8.11. The first-order valence-corrected chi connectivity index (χ1v) is 11.0. The minimum atomic E-state index is 0.126. The van der Waals surface area contributed by atoms with Gasteiger partial charge in [0.2, 0.25) is 5.91 Å². The standard InChI is InChI=1S/C24H29N3OS/c1-18-4-6-19(7-5-18)23(29)3-2-12-26-13-15-27(16-14-26)21-9-10-22-20(17-21)8-11-24(28)25-22/h4-7,9-10,17H,2-3,8,11-16H2,1H3,(H,25,28). The lowest BCUT2D eigenvalue weighted by atomic mass is 10.0. The Kier molecular flexibility index (Phi) is 6.26. The van der Waals surface area contributed by atoms with E-state index in [1.54, 1.807) is 0 Å². The molecule has 2 heterocycles. The molecule has 0 unspecified atom stereocenters. The van der Waals surface area contributed by atoms with Crippen molar-refractivity contribution in [2.75, 3.05) is 42.9 Å². The largest absolute Gasteiger partial charge is 0.369 e. The van der Waals surface area contributed by atoms with Gasteiger partial charge in [0.1, 0.15) is 0 Å². The molecule has 1 fully saturated rings. The molecule has 2 aliphatic heterocycles. The van der Waals surface area contributed by atoms with Gasteiger partial charge >= 0.3 is 0 Å². The smallest absolute Gasteiger partial charge is 0.224 e. The number of hydrogen-bond donors (Lipinski definition) is 1. The molecule has 4 nitrogen and oxygen atoms in total. The molecule has 2 aromatic rings. The average Bonchev–Trinajstić information content (AvgIpc) is 2.74. The predicted molar refractivity (Wildman–Crippen MR) is 124 cm³/mol. The second-order valence-corrected chi connectivity index (χ2v) is 8.60. The molecule has 152 valence electrons. The van der Waals surface area contributed by atoms with Crippen LogP contribution in [0.15, 0.2) is 42.5 Å². The first kappa shape index (κ1) is 20.0. The number of fused-ring (bicyclic) bond motifs is 1. The molecule has 1 amide bonds. The van der Waals surface area contributed by atoms with Gasteiger partial charge in [0.25, 0.3) is 0 Å². The van der Waals surface area contributed by atoms with Crippen LogP contribution in [0, 0.1) is 6.92 Å². The highest BCUT2D eigenvalue weighted by atomic mass is 32.1. The Morgan fingerprint density at radius 3 is 2.55 bits per heavy atom. The van der Waals surface area contributed by atoms with Gasteiger partial charge in [0.15, 0.2) is 0 Å². The van der Waals surface area contributed by atoms with Crippen molar-refractivity contribution in [3.8, 4) is 0 Å². The Bertz CT molecular complexity index is 885. The first-order chi connectivity index (χ1) is 14.1. The minimum Gasteiger partial charge on any atom is -0.369 e. The number of hydrogen-bond acceptors (Lipinski definition) is 4. The number of nitrogens with one attached hydrogen (secondary N) is 1. The zero-order valence-electron chi connectivity index (χ0n) is 17.1. The summed E-state index contributed by atoms with van der Waals surface area (Å²) in [6, 6.07) is 15.0. The Hall–Kier alpha value is -2.24. The van der Waals surface area contributed by atoms with Crippen LogP contribution in [0.3, 0.4) is 0 Å². The molecule has 4 rings (SSSR count). The number of piperazine rings is 1. The van der Waals surface area contributed by atoms with Crippen molar-refractivity contribution in [3.05, 3.63) is 59.2 Å². The van der Waals surface area contributed by atoms with Crippen LogP contribution in [0.1, 0.15) is 36.0 Å². The number of nitrogens with zero attached hydrogens (tertiary/aromatic N) is 2. The monoisotopic (exact) mass is 407 g/mol. The van der Waals surface area contributed by atoms with Crippen LogP contribution in [0.4, 0.5) is 11.4 Å². The molecule has 0 radical (unpaired) electrons. The molecular weight excluding hydrogens is 378 g/mol. The van der Waals surface area contributed by atoms with Gasteiger partial charge in [-0.25, -0.2) is 0 Å². The van der Waals surface area contributed by atoms with Gasteiger partial charge in [-0.05, 0) is 62.1 Å². The Morgan fingerprint density at radius 2 is 1.79 bits per heavy atom. The lowest BCUT2D eigenvalue weighted by Crippen LogP contribution is -2.46. The van der Waals surface area contributed by atoms with E-state index in [0.29, 0.717) is 6.42 Å². The van der Waals surface area contributed by atoms with Gasteiger partial charge in [-0.1, -0.05) is 42.0 Å². The SMILES string of the molecule is Cc1ccc(C(=S)CCCN2CCN(c3ccc4c(c3)CCC(=O)N4)CC2)cc1. The zero-order valence-corrected chi connectivity index (χ0v) is 17.9. The van der Waals surface area contributed by atoms with Crippen LogP contribution in [-0.4, -0.2) is 48.4 Å². The van der Waals surface area contributed by atoms with E-state index in [-0.39, 0.29) is 5.91 Å². The minimum absolute atomic E-state index is 0.126. The molecule has 0 atom stereocenters. The first-order valence-electron chi connectivity index (χ1n) is 10.6. The maximum Gasteiger partial charge on any atom is 0.224 e. The highest BCUT2D eigenvalue weighted by Crippen LogP contribution is 2.28. The third kappa shape index (κ3) is 5.03. The van der Waals surface area contributed by atoms with E-state index in [0.717, 1.165) is 62.5 Å². The molecule has 0 aromatic heterocycles. The molecule has 1 saturated heterocycles. The number of anilines is 2. The summed E-state index contributed by atoms with van der Waals surface area (Å²) in [5.41, 5.74) is 5.99. The summed E-state index contributed by atoms with van der Waals surface area (Å²) in [7, 11) is 0. The van der Waals surface area contributed by atoms with Gasteiger partial charge in [-0.3, -0.25) is 9.69 Å². The van der Waals surface area contributed by atoms with Crippen LogP contribution in [0.2, 0.25) is 0 Å². The lowest BCUT2D eigenvalue weighted by molar-refractivity contribution is -0.116. The van der Waals surface area contributed by atoms with E-state index >= 15 is 0 Å². The maximum absolute atomic E-state index is 11.5. The molecule has 0 saturated carbocycles. The number of benzene rings is 2. The van der Waals surface area contributed by atoms with Gasteiger partial charge in [0, 0.05) is 48.8 Å². The van der Waals surface area contributed by atoms with Gasteiger partial charge < -0.3 is 10.2 Å². The summed E-state index contributed by atoms with van der Waals surface area (Å²) in [6.07, 6.45) is 3.53. The van der Waals surface area contributed by atoms with E-state index in [4.69, 9.17) is 12.2 Å². The number of carbonyl (C=O) groups is 1. The molecule has 1 N–H and O–H groups in total. The quantitative estimate of drug-likeness (QED) is 0.575. The van der Waals surface area contributed by atoms with Crippen LogP contribution in [-0.2, 0) is 11.2 Å². The number of aryl methyl sites for hydroxylation is 2. The van der Waals surface area contributed by atoms with Crippen LogP contribution >= 0.6 is 12.2 Å². The molecule has 2 aliphatic rings. The average molecular weight is 408 g/mol. The van der Waals surface area contributed by atoms with E-state index < -0.39 is 0 Å². The van der Waals surface area contributed by atoms with Crippen LogP contribution < -0.4 is 10.2 Å². The summed E-state index contributed by atoms with van der Waals surface area (Å²) < 4.78 is 0. The summed E-state index contributed by atoms with van der Waals surface area (Å²) >= 11 is 5.62. The van der Waals surface area contributed by atoms with Crippen molar-refractivity contribution in [2.45, 2.75) is 32.6 Å². The molecule has 2 aromatic carbocycles.